The topological polar surface area (TPSA) is 66.4 Å². The maximum Gasteiger partial charge on any atom is 0.326 e. The molecular weight excluding hydrogens is 226 g/mol. The third-order valence-electron chi connectivity index (χ3n) is 2.70. The Hall–Kier alpha value is -0.710. The van der Waals surface area contributed by atoms with Crippen LogP contribution in [0.1, 0.15) is 33.1 Å². The first-order valence-electron chi connectivity index (χ1n) is 5.67. The summed E-state index contributed by atoms with van der Waals surface area (Å²) in [5.41, 5.74) is 0. The first-order valence-corrected chi connectivity index (χ1v) is 6.72. The zero-order chi connectivity index (χ0) is 12.1. The fraction of sp³-hybridized carbons (Fsp3) is 0.818. The number of carboxylic acid groups (broad SMARTS) is 1. The molecule has 16 heavy (non-hydrogen) atoms. The number of carbonyl (C=O) groups is 2. The highest BCUT2D eigenvalue weighted by molar-refractivity contribution is 8.00. The Kier molecular flexibility index (Phi) is 5.12. The van der Waals surface area contributed by atoms with E-state index in [2.05, 4.69) is 5.32 Å². The highest BCUT2D eigenvalue weighted by Crippen LogP contribution is 2.25. The Bertz CT molecular complexity index is 262. The molecule has 92 valence electrons. The van der Waals surface area contributed by atoms with Gasteiger partial charge in [-0.3, -0.25) is 4.79 Å². The van der Waals surface area contributed by atoms with E-state index in [0.29, 0.717) is 0 Å². The van der Waals surface area contributed by atoms with Crippen LogP contribution in [0.2, 0.25) is 0 Å². The summed E-state index contributed by atoms with van der Waals surface area (Å²) in [5, 5.41) is 11.5. The van der Waals surface area contributed by atoms with E-state index in [1.165, 1.54) is 0 Å². The minimum Gasteiger partial charge on any atom is -0.480 e. The molecule has 2 atom stereocenters. The molecule has 0 aromatic rings. The van der Waals surface area contributed by atoms with Crippen molar-refractivity contribution in [2.24, 2.45) is 5.92 Å². The molecule has 0 aliphatic carbocycles. The molecule has 2 N–H and O–H groups in total. The normalized spacial score (nSPS) is 22.8. The van der Waals surface area contributed by atoms with E-state index >= 15 is 0 Å². The lowest BCUT2D eigenvalue weighted by molar-refractivity contribution is -0.143. The summed E-state index contributed by atoms with van der Waals surface area (Å²) < 4.78 is 0. The predicted molar refractivity (Wildman–Crippen MR) is 64.5 cm³/mol. The maximum absolute atomic E-state index is 11.8. The van der Waals surface area contributed by atoms with Gasteiger partial charge in [0, 0.05) is 0 Å². The average molecular weight is 245 g/mol. The number of amides is 1. The SMILES string of the molecule is CC(C)[C@@H](NC(=O)C1CCCCS1)C(=O)O. The lowest BCUT2D eigenvalue weighted by Crippen LogP contribution is -2.47. The van der Waals surface area contributed by atoms with Crippen LogP contribution in [0, 0.1) is 5.92 Å². The first-order chi connectivity index (χ1) is 7.52. The van der Waals surface area contributed by atoms with Gasteiger partial charge in [-0.15, -0.1) is 11.8 Å². The Morgan fingerprint density at radius 2 is 2.06 bits per heavy atom. The van der Waals surface area contributed by atoms with Crippen molar-refractivity contribution in [2.75, 3.05) is 5.75 Å². The summed E-state index contributed by atoms with van der Waals surface area (Å²) >= 11 is 1.63. The third kappa shape index (κ3) is 3.70. The number of carbonyl (C=O) groups excluding carboxylic acids is 1. The minimum atomic E-state index is -0.954. The summed E-state index contributed by atoms with van der Waals surface area (Å²) in [4.78, 5) is 22.8. The molecule has 1 rings (SSSR count). The smallest absolute Gasteiger partial charge is 0.326 e. The number of carboxylic acids is 1. The second-order valence-electron chi connectivity index (χ2n) is 4.42. The molecule has 1 amide bonds. The summed E-state index contributed by atoms with van der Waals surface area (Å²) in [5.74, 6) is -0.165. The standard InChI is InChI=1S/C11H19NO3S/c1-7(2)9(11(14)15)12-10(13)8-5-3-4-6-16-8/h7-9H,3-6H2,1-2H3,(H,12,13)(H,14,15)/t8?,9-/m1/s1. The van der Waals surface area contributed by atoms with Crippen molar-refractivity contribution >= 4 is 23.6 Å². The van der Waals surface area contributed by atoms with Gasteiger partial charge in [-0.1, -0.05) is 20.3 Å². The van der Waals surface area contributed by atoms with Gasteiger partial charge in [0.2, 0.25) is 5.91 Å². The number of rotatable bonds is 4. The first kappa shape index (κ1) is 13.4. The van der Waals surface area contributed by atoms with Crippen LogP contribution < -0.4 is 5.32 Å². The molecule has 0 spiro atoms. The quantitative estimate of drug-likeness (QED) is 0.787. The Balaban J connectivity index is 2.50. The van der Waals surface area contributed by atoms with E-state index in [4.69, 9.17) is 5.11 Å². The molecule has 1 fully saturated rings. The van der Waals surface area contributed by atoms with Gasteiger partial charge in [0.05, 0.1) is 5.25 Å². The Morgan fingerprint density at radius 3 is 2.50 bits per heavy atom. The van der Waals surface area contributed by atoms with Crippen LogP contribution in [-0.2, 0) is 9.59 Å². The van der Waals surface area contributed by atoms with Crippen molar-refractivity contribution in [1.29, 1.82) is 0 Å². The third-order valence-corrected chi connectivity index (χ3v) is 4.08. The molecule has 5 heteroatoms. The minimum absolute atomic E-state index is 0.0608. The molecule has 0 saturated carbocycles. The number of hydrogen-bond acceptors (Lipinski definition) is 3. The molecule has 1 aliphatic rings. The molecule has 0 aromatic heterocycles. The van der Waals surface area contributed by atoms with Crippen molar-refractivity contribution < 1.29 is 14.7 Å². The van der Waals surface area contributed by atoms with E-state index in [9.17, 15) is 9.59 Å². The van der Waals surface area contributed by atoms with Crippen molar-refractivity contribution in [3.63, 3.8) is 0 Å². The largest absolute Gasteiger partial charge is 0.480 e. The zero-order valence-electron chi connectivity index (χ0n) is 9.73. The summed E-state index contributed by atoms with van der Waals surface area (Å²) in [6.07, 6.45) is 3.08. The number of hydrogen-bond donors (Lipinski definition) is 2. The van der Waals surface area contributed by atoms with Crippen molar-refractivity contribution in [2.45, 2.75) is 44.4 Å². The van der Waals surface area contributed by atoms with E-state index in [1.54, 1.807) is 25.6 Å². The van der Waals surface area contributed by atoms with Crippen LogP contribution in [0.25, 0.3) is 0 Å². The van der Waals surface area contributed by atoms with Gasteiger partial charge >= 0.3 is 5.97 Å². The summed E-state index contributed by atoms with van der Waals surface area (Å²) in [6, 6.07) is -0.768. The Labute approximate surface area is 100 Å². The van der Waals surface area contributed by atoms with Crippen LogP contribution in [0.4, 0.5) is 0 Å². The highest BCUT2D eigenvalue weighted by atomic mass is 32.2. The van der Waals surface area contributed by atoms with E-state index < -0.39 is 12.0 Å². The van der Waals surface area contributed by atoms with Crippen molar-refractivity contribution in [1.82, 2.24) is 5.32 Å². The van der Waals surface area contributed by atoms with Gasteiger partial charge in [-0.05, 0) is 24.5 Å². The Morgan fingerprint density at radius 1 is 1.38 bits per heavy atom. The molecule has 0 bridgehead atoms. The van der Waals surface area contributed by atoms with Gasteiger partial charge in [-0.25, -0.2) is 4.79 Å². The lowest BCUT2D eigenvalue weighted by Gasteiger charge is -2.24. The van der Waals surface area contributed by atoms with Crippen LogP contribution in [0.15, 0.2) is 0 Å². The van der Waals surface area contributed by atoms with Crippen LogP contribution >= 0.6 is 11.8 Å². The highest BCUT2D eigenvalue weighted by Gasteiger charge is 2.28. The maximum atomic E-state index is 11.8. The molecule has 1 saturated heterocycles. The molecule has 0 aromatic carbocycles. The van der Waals surface area contributed by atoms with Crippen molar-refractivity contribution in [3.05, 3.63) is 0 Å². The van der Waals surface area contributed by atoms with Gasteiger partial charge < -0.3 is 10.4 Å². The monoisotopic (exact) mass is 245 g/mol. The molecule has 4 nitrogen and oxygen atoms in total. The molecular formula is C11H19NO3S. The molecule has 1 unspecified atom stereocenters. The molecule has 0 radical (unpaired) electrons. The van der Waals surface area contributed by atoms with Crippen LogP contribution in [0.3, 0.4) is 0 Å². The van der Waals surface area contributed by atoms with E-state index in [0.717, 1.165) is 25.0 Å². The predicted octanol–water partition coefficient (Wildman–Crippen LogP) is 1.50. The van der Waals surface area contributed by atoms with Gasteiger partial charge in [0.1, 0.15) is 6.04 Å². The second-order valence-corrected chi connectivity index (χ2v) is 5.73. The van der Waals surface area contributed by atoms with Crippen LogP contribution in [-0.4, -0.2) is 34.0 Å². The number of aliphatic carboxylic acids is 1. The zero-order valence-corrected chi connectivity index (χ0v) is 10.5. The summed E-state index contributed by atoms with van der Waals surface area (Å²) in [7, 11) is 0. The average Bonchev–Trinajstić information content (AvgIpc) is 2.25. The fourth-order valence-electron chi connectivity index (χ4n) is 1.71. The van der Waals surface area contributed by atoms with Gasteiger partial charge in [-0.2, -0.15) is 0 Å². The second kappa shape index (κ2) is 6.13. The van der Waals surface area contributed by atoms with Crippen molar-refractivity contribution in [3.8, 4) is 0 Å². The van der Waals surface area contributed by atoms with Gasteiger partial charge in [0.15, 0.2) is 0 Å². The number of nitrogens with one attached hydrogen (secondary N) is 1. The van der Waals surface area contributed by atoms with E-state index in [-0.39, 0.29) is 17.1 Å². The fourth-order valence-corrected chi connectivity index (χ4v) is 2.92. The molecule has 1 aliphatic heterocycles. The summed E-state index contributed by atoms with van der Waals surface area (Å²) in [6.45, 7) is 3.60. The number of thioether (sulfide) groups is 1. The lowest BCUT2D eigenvalue weighted by atomic mass is 10.0. The van der Waals surface area contributed by atoms with E-state index in [1.807, 2.05) is 0 Å². The van der Waals surface area contributed by atoms with Crippen LogP contribution in [0.5, 0.6) is 0 Å². The molecule has 1 heterocycles. The van der Waals surface area contributed by atoms with Gasteiger partial charge in [0.25, 0.3) is 0 Å².